The first-order valence-corrected chi connectivity index (χ1v) is 5.32. The molecule has 0 rings (SSSR count). The average molecular weight is 367 g/mol. The number of nitrogens with two attached hydrogens (primary N) is 1. The Balaban J connectivity index is 6.37. The number of carbonyl (C=O) groups excluding carboxylic acids is 1. The van der Waals surface area contributed by atoms with E-state index >= 15 is 0 Å². The third-order valence-electron chi connectivity index (χ3n) is 2.94. The highest BCUT2D eigenvalue weighted by Gasteiger charge is 2.87. The van der Waals surface area contributed by atoms with Crippen LogP contribution >= 0.6 is 0 Å². The van der Waals surface area contributed by atoms with Crippen LogP contribution in [0.25, 0.3) is 0 Å². The van der Waals surface area contributed by atoms with Gasteiger partial charge in [0.25, 0.3) is 0 Å². The van der Waals surface area contributed by atoms with E-state index in [4.69, 9.17) is 0 Å². The zero-order valence-corrected chi connectivity index (χ0v) is 11.1. The van der Waals surface area contributed by atoms with E-state index in [1.807, 2.05) is 0 Å². The molecule has 0 spiro atoms. The van der Waals surface area contributed by atoms with E-state index < -0.39 is 46.9 Å². The highest BCUT2D eigenvalue weighted by Crippen LogP contribution is 2.58. The van der Waals surface area contributed by atoms with Gasteiger partial charge in [0.15, 0.2) is 0 Å². The topological polar surface area (TPSA) is 43.1 Å². The molecule has 2 nitrogen and oxygen atoms in total. The molecule has 0 radical (unpaired) electrons. The van der Waals surface area contributed by atoms with Crippen molar-refractivity contribution >= 4 is 5.91 Å². The molecule has 0 saturated carbocycles. The third kappa shape index (κ3) is 2.96. The van der Waals surface area contributed by atoms with E-state index in [1.54, 1.807) is 0 Å². The highest BCUT2D eigenvalue weighted by molar-refractivity contribution is 5.92. The number of hydrogen-bond acceptors (Lipinski definition) is 1. The number of hydrogen-bond donors (Lipinski definition) is 1. The molecule has 136 valence electrons. The molecular formula is C10H8F11NO. The van der Waals surface area contributed by atoms with Gasteiger partial charge in [0.1, 0.15) is 0 Å². The first kappa shape index (κ1) is 21.4. The van der Waals surface area contributed by atoms with Crippen LogP contribution in [-0.2, 0) is 4.79 Å². The van der Waals surface area contributed by atoms with Crippen molar-refractivity contribution in [2.75, 3.05) is 0 Å². The second-order valence-electron chi connectivity index (χ2n) is 4.41. The van der Waals surface area contributed by atoms with Gasteiger partial charge in [-0.05, 0) is 13.8 Å². The molecule has 0 aliphatic rings. The van der Waals surface area contributed by atoms with Crippen molar-refractivity contribution in [3.05, 3.63) is 11.1 Å². The number of halogens is 11. The minimum absolute atomic E-state index is 0.0319. The largest absolute Gasteiger partial charge is 0.460 e. The van der Waals surface area contributed by atoms with Gasteiger partial charge >= 0.3 is 29.9 Å². The summed E-state index contributed by atoms with van der Waals surface area (Å²) in [5.74, 6) is -30.2. The number of rotatable bonds is 5. The predicted octanol–water partition coefficient (Wildman–Crippen LogP) is 3.91. The zero-order chi connectivity index (χ0) is 19.2. The van der Waals surface area contributed by atoms with Crippen molar-refractivity contribution in [1.82, 2.24) is 0 Å². The molecule has 0 aromatic carbocycles. The SMILES string of the molecule is CC(C(N)=O)=C(C)C(F)(F)C(F)(F)C(F)(F)C(F)(F)C(F)(F)F. The van der Waals surface area contributed by atoms with Crippen molar-refractivity contribution < 1.29 is 53.1 Å². The van der Waals surface area contributed by atoms with Crippen LogP contribution in [-0.4, -0.2) is 35.8 Å². The van der Waals surface area contributed by atoms with Crippen molar-refractivity contribution in [2.45, 2.75) is 43.7 Å². The second-order valence-corrected chi connectivity index (χ2v) is 4.41. The molecule has 0 unspecified atom stereocenters. The summed E-state index contributed by atoms with van der Waals surface area (Å²) in [5, 5.41) is 0. The molecule has 13 heteroatoms. The van der Waals surface area contributed by atoms with Crippen LogP contribution in [0.5, 0.6) is 0 Å². The lowest BCUT2D eigenvalue weighted by Gasteiger charge is -2.37. The summed E-state index contributed by atoms with van der Waals surface area (Å²) >= 11 is 0. The first-order valence-electron chi connectivity index (χ1n) is 5.32. The minimum Gasteiger partial charge on any atom is -0.366 e. The smallest absolute Gasteiger partial charge is 0.366 e. The maximum absolute atomic E-state index is 13.4. The molecule has 1 amide bonds. The molecule has 0 bridgehead atoms. The van der Waals surface area contributed by atoms with Gasteiger partial charge in [-0.15, -0.1) is 0 Å². The first-order chi connectivity index (χ1) is 9.76. The van der Waals surface area contributed by atoms with Gasteiger partial charge in [0.2, 0.25) is 5.91 Å². The van der Waals surface area contributed by atoms with Crippen LogP contribution in [0.15, 0.2) is 11.1 Å². The molecule has 0 aromatic rings. The summed E-state index contributed by atoms with van der Waals surface area (Å²) in [7, 11) is 0. The number of alkyl halides is 11. The highest BCUT2D eigenvalue weighted by atomic mass is 19.4. The van der Waals surface area contributed by atoms with Crippen LogP contribution in [0.3, 0.4) is 0 Å². The molecule has 23 heavy (non-hydrogen) atoms. The fourth-order valence-electron chi connectivity index (χ4n) is 1.23. The van der Waals surface area contributed by atoms with Crippen LogP contribution < -0.4 is 5.73 Å². The average Bonchev–Trinajstić information content (AvgIpc) is 2.34. The van der Waals surface area contributed by atoms with Gasteiger partial charge in [-0.2, -0.15) is 48.3 Å². The molecule has 0 aliphatic carbocycles. The maximum atomic E-state index is 13.4. The predicted molar refractivity (Wildman–Crippen MR) is 53.4 cm³/mol. The zero-order valence-electron chi connectivity index (χ0n) is 11.1. The quantitative estimate of drug-likeness (QED) is 0.581. The lowest BCUT2D eigenvalue weighted by atomic mass is 9.91. The Morgan fingerprint density at radius 2 is 1.04 bits per heavy atom. The van der Waals surface area contributed by atoms with Crippen LogP contribution in [0.1, 0.15) is 13.8 Å². The van der Waals surface area contributed by atoms with E-state index in [-0.39, 0.29) is 6.92 Å². The Labute approximate surface area is 121 Å². The van der Waals surface area contributed by atoms with E-state index in [0.717, 1.165) is 0 Å². The van der Waals surface area contributed by atoms with Crippen molar-refractivity contribution in [2.24, 2.45) is 5.73 Å². The lowest BCUT2D eigenvalue weighted by molar-refractivity contribution is -0.418. The molecular weight excluding hydrogens is 359 g/mol. The van der Waals surface area contributed by atoms with E-state index in [9.17, 15) is 53.1 Å². The van der Waals surface area contributed by atoms with Crippen molar-refractivity contribution in [1.29, 1.82) is 0 Å². The molecule has 0 saturated heterocycles. The molecule has 0 heterocycles. The molecule has 2 N–H and O–H groups in total. The maximum Gasteiger partial charge on any atom is 0.460 e. The number of amides is 1. The number of allylic oxidation sites excluding steroid dienone is 1. The number of carbonyl (C=O) groups is 1. The Bertz CT molecular complexity index is 517. The van der Waals surface area contributed by atoms with Gasteiger partial charge in [0.05, 0.1) is 0 Å². The third-order valence-corrected chi connectivity index (χ3v) is 2.94. The van der Waals surface area contributed by atoms with Gasteiger partial charge in [0, 0.05) is 11.1 Å². The standard InChI is InChI=1S/C10H8F11NO/c1-3(5(22)23)4(2)6(11,12)7(13,14)8(15,16)9(17,18)10(19,20)21/h1-2H3,(H2,22,23). The van der Waals surface area contributed by atoms with Crippen molar-refractivity contribution in [3.63, 3.8) is 0 Å². The van der Waals surface area contributed by atoms with Gasteiger partial charge < -0.3 is 5.73 Å². The molecule has 0 aliphatic heterocycles. The monoisotopic (exact) mass is 367 g/mol. The summed E-state index contributed by atoms with van der Waals surface area (Å²) in [6, 6.07) is 0. The fraction of sp³-hybridized carbons (Fsp3) is 0.700. The second kappa shape index (κ2) is 5.51. The summed E-state index contributed by atoms with van der Waals surface area (Å²) in [5.41, 5.74) is 0.875. The summed E-state index contributed by atoms with van der Waals surface area (Å²) in [4.78, 5) is 10.6. The van der Waals surface area contributed by atoms with Gasteiger partial charge in [-0.3, -0.25) is 4.79 Å². The Kier molecular flexibility index (Phi) is 5.14. The van der Waals surface area contributed by atoms with E-state index in [0.29, 0.717) is 6.92 Å². The Morgan fingerprint density at radius 1 is 0.696 bits per heavy atom. The van der Waals surface area contributed by atoms with Crippen LogP contribution in [0.2, 0.25) is 0 Å². The summed E-state index contributed by atoms with van der Waals surface area (Å²) in [6.45, 7) is 0.345. The fourth-order valence-corrected chi connectivity index (χ4v) is 1.23. The normalized spacial score (nSPS) is 16.2. The lowest BCUT2D eigenvalue weighted by Crippen LogP contribution is -2.66. The molecule has 0 aromatic heterocycles. The van der Waals surface area contributed by atoms with Crippen molar-refractivity contribution in [3.8, 4) is 0 Å². The Morgan fingerprint density at radius 3 is 1.30 bits per heavy atom. The number of primary amides is 1. The summed E-state index contributed by atoms with van der Waals surface area (Å²) < 4.78 is 140. The van der Waals surface area contributed by atoms with E-state index in [2.05, 4.69) is 5.73 Å². The van der Waals surface area contributed by atoms with Gasteiger partial charge in [-0.1, -0.05) is 0 Å². The van der Waals surface area contributed by atoms with Crippen LogP contribution in [0, 0.1) is 0 Å². The minimum atomic E-state index is -7.51. The summed E-state index contributed by atoms with van der Waals surface area (Å²) in [6.07, 6.45) is -7.23. The van der Waals surface area contributed by atoms with Crippen LogP contribution in [0.4, 0.5) is 48.3 Å². The Hall–Kier alpha value is -1.56. The van der Waals surface area contributed by atoms with Gasteiger partial charge in [-0.25, -0.2) is 0 Å². The molecule has 0 atom stereocenters. The van der Waals surface area contributed by atoms with E-state index in [1.165, 1.54) is 0 Å². The molecule has 0 fully saturated rings.